The fourth-order valence-corrected chi connectivity index (χ4v) is 3.24. The number of hydrogen-bond acceptors (Lipinski definition) is 5. The number of para-hydroxylation sites is 1. The molecule has 6 heteroatoms. The number of benzene rings is 2. The summed E-state index contributed by atoms with van der Waals surface area (Å²) in [6, 6.07) is 17.2. The van der Waals surface area contributed by atoms with Crippen molar-refractivity contribution >= 4 is 22.8 Å². The Kier molecular flexibility index (Phi) is 5.57. The Bertz CT molecular complexity index is 1220. The Balaban J connectivity index is 1.55. The summed E-state index contributed by atoms with van der Waals surface area (Å²) in [5, 5.41) is 5.05. The minimum atomic E-state index is -0.106. The summed E-state index contributed by atoms with van der Waals surface area (Å²) in [6.07, 6.45) is 6.67. The van der Waals surface area contributed by atoms with Crippen LogP contribution in [-0.2, 0) is 13.7 Å². The van der Waals surface area contributed by atoms with Crippen molar-refractivity contribution in [2.45, 2.75) is 6.61 Å². The van der Waals surface area contributed by atoms with Gasteiger partial charge in [0.2, 0.25) is 5.78 Å². The molecule has 0 amide bonds. The third-order valence-electron chi connectivity index (χ3n) is 4.78. The van der Waals surface area contributed by atoms with E-state index in [1.807, 2.05) is 48.5 Å². The lowest BCUT2D eigenvalue weighted by Crippen LogP contribution is -2.03. The van der Waals surface area contributed by atoms with Gasteiger partial charge in [-0.3, -0.25) is 14.5 Å². The van der Waals surface area contributed by atoms with Crippen LogP contribution >= 0.6 is 0 Å². The second-order valence-electron chi connectivity index (χ2n) is 6.73. The summed E-state index contributed by atoms with van der Waals surface area (Å²) in [4.78, 5) is 16.8. The smallest absolute Gasteiger partial charge is 0.203 e. The molecule has 0 N–H and O–H groups in total. The predicted octanol–water partition coefficient (Wildman–Crippen LogP) is 4.45. The molecule has 0 fully saturated rings. The van der Waals surface area contributed by atoms with E-state index in [1.165, 1.54) is 6.08 Å². The van der Waals surface area contributed by atoms with Crippen LogP contribution in [0, 0.1) is 0 Å². The summed E-state index contributed by atoms with van der Waals surface area (Å²) >= 11 is 0. The fraction of sp³-hybridized carbons (Fsp3) is 0.125. The molecule has 0 saturated heterocycles. The number of nitrogens with zero attached hydrogens (tertiary/aromatic N) is 3. The maximum Gasteiger partial charge on any atom is 0.203 e. The number of carbonyl (C=O) groups excluding carboxylic acids is 1. The standard InChI is InChI=1S/C24H21N3O3/c1-27-20(12-14-26-27)21(28)10-8-17-9-11-22(29-2)19(15-17)16-30-23-7-3-5-18-6-4-13-25-24(18)23/h3-15H,16H2,1-2H3/b10-8+. The lowest BCUT2D eigenvalue weighted by Gasteiger charge is -2.12. The van der Waals surface area contributed by atoms with Gasteiger partial charge in [0, 0.05) is 30.4 Å². The monoisotopic (exact) mass is 399 g/mol. The van der Waals surface area contributed by atoms with Gasteiger partial charge in [-0.1, -0.05) is 30.3 Å². The van der Waals surface area contributed by atoms with Gasteiger partial charge in [-0.2, -0.15) is 5.10 Å². The SMILES string of the molecule is COc1ccc(/C=C/C(=O)c2ccnn2C)cc1COc1cccc2cccnc12. The molecule has 150 valence electrons. The molecule has 2 heterocycles. The van der Waals surface area contributed by atoms with Crippen LogP contribution in [0.25, 0.3) is 17.0 Å². The van der Waals surface area contributed by atoms with Gasteiger partial charge in [0.1, 0.15) is 29.3 Å². The van der Waals surface area contributed by atoms with Gasteiger partial charge < -0.3 is 9.47 Å². The summed E-state index contributed by atoms with van der Waals surface area (Å²) in [5.41, 5.74) is 3.10. The maximum atomic E-state index is 12.3. The molecule has 0 saturated carbocycles. The second-order valence-corrected chi connectivity index (χ2v) is 6.73. The van der Waals surface area contributed by atoms with E-state index in [4.69, 9.17) is 9.47 Å². The molecule has 0 aliphatic rings. The van der Waals surface area contributed by atoms with Crippen molar-refractivity contribution in [2.75, 3.05) is 7.11 Å². The highest BCUT2D eigenvalue weighted by atomic mass is 16.5. The Morgan fingerprint density at radius 2 is 1.93 bits per heavy atom. The highest BCUT2D eigenvalue weighted by molar-refractivity contribution is 6.05. The normalized spacial score (nSPS) is 11.1. The zero-order chi connectivity index (χ0) is 20.9. The van der Waals surface area contributed by atoms with Gasteiger partial charge in [0.25, 0.3) is 0 Å². The van der Waals surface area contributed by atoms with Crippen LogP contribution in [0.3, 0.4) is 0 Å². The third kappa shape index (κ3) is 4.07. The minimum Gasteiger partial charge on any atom is -0.496 e. The number of aryl methyl sites for hydroxylation is 1. The van der Waals surface area contributed by atoms with E-state index in [2.05, 4.69) is 10.1 Å². The first kappa shape index (κ1) is 19.4. The lowest BCUT2D eigenvalue weighted by molar-refractivity contribution is 0.103. The van der Waals surface area contributed by atoms with Crippen molar-refractivity contribution < 1.29 is 14.3 Å². The van der Waals surface area contributed by atoms with E-state index in [0.29, 0.717) is 18.1 Å². The van der Waals surface area contributed by atoms with Crippen LogP contribution in [-0.4, -0.2) is 27.7 Å². The van der Waals surface area contributed by atoms with Crippen molar-refractivity contribution in [2.24, 2.45) is 7.05 Å². The largest absolute Gasteiger partial charge is 0.496 e. The van der Waals surface area contributed by atoms with E-state index >= 15 is 0 Å². The lowest BCUT2D eigenvalue weighted by atomic mass is 10.1. The molecule has 6 nitrogen and oxygen atoms in total. The average molecular weight is 399 g/mol. The second kappa shape index (κ2) is 8.61. The molecule has 2 aromatic heterocycles. The number of rotatable bonds is 7. The van der Waals surface area contributed by atoms with Crippen LogP contribution in [0.4, 0.5) is 0 Å². The first-order valence-corrected chi connectivity index (χ1v) is 9.49. The van der Waals surface area contributed by atoms with Gasteiger partial charge in [0.05, 0.1) is 7.11 Å². The number of aromatic nitrogens is 3. The van der Waals surface area contributed by atoms with Crippen molar-refractivity contribution in [3.63, 3.8) is 0 Å². The molecular weight excluding hydrogens is 378 g/mol. The van der Waals surface area contributed by atoms with Crippen LogP contribution in [0.15, 0.2) is 73.1 Å². The summed E-state index contributed by atoms with van der Waals surface area (Å²) in [6.45, 7) is 0.316. The molecule has 0 bridgehead atoms. The number of allylic oxidation sites excluding steroid dienone is 1. The quantitative estimate of drug-likeness (QED) is 0.339. The zero-order valence-corrected chi connectivity index (χ0v) is 16.8. The van der Waals surface area contributed by atoms with Crippen molar-refractivity contribution in [3.05, 3.63) is 89.9 Å². The highest BCUT2D eigenvalue weighted by Gasteiger charge is 2.09. The molecule has 0 atom stereocenters. The third-order valence-corrected chi connectivity index (χ3v) is 4.78. The van der Waals surface area contributed by atoms with Crippen LogP contribution in [0.2, 0.25) is 0 Å². The first-order valence-electron chi connectivity index (χ1n) is 9.49. The predicted molar refractivity (Wildman–Crippen MR) is 116 cm³/mol. The van der Waals surface area contributed by atoms with Crippen LogP contribution < -0.4 is 9.47 Å². The Hall–Kier alpha value is -3.93. The molecule has 30 heavy (non-hydrogen) atoms. The maximum absolute atomic E-state index is 12.3. The first-order chi connectivity index (χ1) is 14.7. The molecule has 2 aromatic carbocycles. The highest BCUT2D eigenvalue weighted by Crippen LogP contribution is 2.27. The van der Waals surface area contributed by atoms with E-state index < -0.39 is 0 Å². The van der Waals surface area contributed by atoms with Gasteiger partial charge >= 0.3 is 0 Å². The molecule has 0 aliphatic heterocycles. The Morgan fingerprint density at radius 3 is 2.73 bits per heavy atom. The summed E-state index contributed by atoms with van der Waals surface area (Å²) in [7, 11) is 3.37. The van der Waals surface area contributed by atoms with Crippen LogP contribution in [0.1, 0.15) is 21.6 Å². The molecule has 0 radical (unpaired) electrons. The number of pyridine rings is 1. The van der Waals surface area contributed by atoms with Crippen molar-refractivity contribution in [1.82, 2.24) is 14.8 Å². The number of methoxy groups -OCH3 is 1. The molecule has 0 aliphatic carbocycles. The zero-order valence-electron chi connectivity index (χ0n) is 16.8. The Morgan fingerprint density at radius 1 is 1.07 bits per heavy atom. The van der Waals surface area contributed by atoms with E-state index in [-0.39, 0.29) is 5.78 Å². The van der Waals surface area contributed by atoms with Crippen LogP contribution in [0.5, 0.6) is 11.5 Å². The summed E-state index contributed by atoms with van der Waals surface area (Å²) < 4.78 is 13.1. The van der Waals surface area contributed by atoms with Gasteiger partial charge in [-0.15, -0.1) is 0 Å². The van der Waals surface area contributed by atoms with Crippen molar-refractivity contribution in [3.8, 4) is 11.5 Å². The van der Waals surface area contributed by atoms with Gasteiger partial charge in [-0.25, -0.2) is 0 Å². The average Bonchev–Trinajstić information content (AvgIpc) is 3.22. The van der Waals surface area contributed by atoms with E-state index in [0.717, 1.165) is 27.8 Å². The number of hydrogen-bond donors (Lipinski definition) is 0. The molecule has 4 aromatic rings. The molecular formula is C24H21N3O3. The molecule has 0 unspecified atom stereocenters. The Labute approximate surface area is 174 Å². The summed E-state index contributed by atoms with van der Waals surface area (Å²) in [5.74, 6) is 1.33. The van der Waals surface area contributed by atoms with E-state index in [1.54, 1.807) is 43.4 Å². The van der Waals surface area contributed by atoms with Crippen molar-refractivity contribution in [1.29, 1.82) is 0 Å². The van der Waals surface area contributed by atoms with E-state index in [9.17, 15) is 4.79 Å². The topological polar surface area (TPSA) is 66.2 Å². The van der Waals surface area contributed by atoms with Gasteiger partial charge in [0.15, 0.2) is 0 Å². The number of ether oxygens (including phenoxy) is 2. The fourth-order valence-electron chi connectivity index (χ4n) is 3.24. The number of fused-ring (bicyclic) bond motifs is 1. The minimum absolute atomic E-state index is 0.106. The number of carbonyl (C=O) groups is 1. The van der Waals surface area contributed by atoms with Gasteiger partial charge in [-0.05, 0) is 42.0 Å². The number of ketones is 1. The molecule has 4 rings (SSSR count). The molecule has 0 spiro atoms.